The highest BCUT2D eigenvalue weighted by molar-refractivity contribution is 5.30. The standard InChI is InChI=1S/C12H19NO/c1-4-9(2)14-12-7-5-6-11(8-12)10(3)13/h5-10H,4,13H2,1-3H3/t9?,10-/m1/s1. The number of ether oxygens (including phenoxy) is 1. The van der Waals surface area contributed by atoms with Gasteiger partial charge in [0.2, 0.25) is 0 Å². The molecule has 0 aliphatic carbocycles. The summed E-state index contributed by atoms with van der Waals surface area (Å²) in [5.74, 6) is 0.911. The van der Waals surface area contributed by atoms with Gasteiger partial charge in [-0.25, -0.2) is 0 Å². The van der Waals surface area contributed by atoms with Crippen molar-refractivity contribution in [1.82, 2.24) is 0 Å². The van der Waals surface area contributed by atoms with Crippen LogP contribution in [0.2, 0.25) is 0 Å². The molecular weight excluding hydrogens is 174 g/mol. The molecule has 1 unspecified atom stereocenters. The average Bonchev–Trinajstić information content (AvgIpc) is 2.18. The SMILES string of the molecule is CCC(C)Oc1cccc([C@@H](C)N)c1. The van der Waals surface area contributed by atoms with Crippen molar-refractivity contribution in [3.63, 3.8) is 0 Å². The summed E-state index contributed by atoms with van der Waals surface area (Å²) in [5.41, 5.74) is 6.91. The van der Waals surface area contributed by atoms with Crippen LogP contribution in [0.25, 0.3) is 0 Å². The monoisotopic (exact) mass is 193 g/mol. The lowest BCUT2D eigenvalue weighted by Crippen LogP contribution is -2.10. The molecule has 2 atom stereocenters. The van der Waals surface area contributed by atoms with Crippen molar-refractivity contribution in [3.05, 3.63) is 29.8 Å². The normalized spacial score (nSPS) is 14.9. The van der Waals surface area contributed by atoms with Crippen LogP contribution in [-0.2, 0) is 0 Å². The lowest BCUT2D eigenvalue weighted by molar-refractivity contribution is 0.217. The highest BCUT2D eigenvalue weighted by Crippen LogP contribution is 2.19. The molecule has 0 aliphatic rings. The highest BCUT2D eigenvalue weighted by Gasteiger charge is 2.03. The van der Waals surface area contributed by atoms with Gasteiger partial charge in [-0.05, 0) is 38.0 Å². The molecule has 0 saturated carbocycles. The van der Waals surface area contributed by atoms with E-state index in [-0.39, 0.29) is 12.1 Å². The van der Waals surface area contributed by atoms with Gasteiger partial charge in [-0.15, -0.1) is 0 Å². The summed E-state index contributed by atoms with van der Waals surface area (Å²) in [5, 5.41) is 0. The van der Waals surface area contributed by atoms with Crippen LogP contribution in [0.15, 0.2) is 24.3 Å². The van der Waals surface area contributed by atoms with E-state index in [0.717, 1.165) is 17.7 Å². The zero-order valence-electron chi connectivity index (χ0n) is 9.16. The van der Waals surface area contributed by atoms with Crippen molar-refractivity contribution < 1.29 is 4.74 Å². The molecule has 0 fully saturated rings. The van der Waals surface area contributed by atoms with E-state index >= 15 is 0 Å². The molecule has 0 radical (unpaired) electrons. The molecule has 14 heavy (non-hydrogen) atoms. The molecule has 0 saturated heterocycles. The number of nitrogens with two attached hydrogens (primary N) is 1. The minimum atomic E-state index is 0.0653. The van der Waals surface area contributed by atoms with Gasteiger partial charge in [0.25, 0.3) is 0 Å². The fourth-order valence-electron chi connectivity index (χ4n) is 1.19. The van der Waals surface area contributed by atoms with Crippen LogP contribution in [0.5, 0.6) is 5.75 Å². The Bertz CT molecular complexity index is 283. The van der Waals surface area contributed by atoms with E-state index in [9.17, 15) is 0 Å². The summed E-state index contributed by atoms with van der Waals surface area (Å²) in [4.78, 5) is 0. The molecule has 0 heterocycles. The van der Waals surface area contributed by atoms with E-state index in [1.54, 1.807) is 0 Å². The summed E-state index contributed by atoms with van der Waals surface area (Å²) in [6.45, 7) is 6.15. The van der Waals surface area contributed by atoms with Crippen LogP contribution < -0.4 is 10.5 Å². The molecule has 1 rings (SSSR count). The topological polar surface area (TPSA) is 35.2 Å². The van der Waals surface area contributed by atoms with E-state index < -0.39 is 0 Å². The van der Waals surface area contributed by atoms with Crippen molar-refractivity contribution in [2.24, 2.45) is 5.73 Å². The average molecular weight is 193 g/mol. The molecule has 78 valence electrons. The van der Waals surface area contributed by atoms with Crippen LogP contribution in [-0.4, -0.2) is 6.10 Å². The van der Waals surface area contributed by atoms with Crippen LogP contribution >= 0.6 is 0 Å². The number of hydrogen-bond acceptors (Lipinski definition) is 2. The van der Waals surface area contributed by atoms with Gasteiger partial charge >= 0.3 is 0 Å². The molecule has 2 nitrogen and oxygen atoms in total. The predicted molar refractivity (Wildman–Crippen MR) is 59.4 cm³/mol. The maximum atomic E-state index is 5.79. The second-order valence-electron chi connectivity index (χ2n) is 3.70. The Morgan fingerprint density at radius 1 is 1.36 bits per heavy atom. The van der Waals surface area contributed by atoms with Crippen molar-refractivity contribution >= 4 is 0 Å². The lowest BCUT2D eigenvalue weighted by Gasteiger charge is -2.14. The summed E-state index contributed by atoms with van der Waals surface area (Å²) in [6.07, 6.45) is 1.28. The molecule has 2 N–H and O–H groups in total. The van der Waals surface area contributed by atoms with Crippen LogP contribution in [0, 0.1) is 0 Å². The molecule has 0 aromatic heterocycles. The molecule has 0 spiro atoms. The molecule has 0 bridgehead atoms. The Morgan fingerprint density at radius 3 is 2.64 bits per heavy atom. The Morgan fingerprint density at radius 2 is 2.07 bits per heavy atom. The molecular formula is C12H19NO. The van der Waals surface area contributed by atoms with Crippen molar-refractivity contribution in [2.75, 3.05) is 0 Å². The maximum absolute atomic E-state index is 5.79. The third kappa shape index (κ3) is 3.04. The van der Waals surface area contributed by atoms with Crippen molar-refractivity contribution in [2.45, 2.75) is 39.3 Å². The van der Waals surface area contributed by atoms with E-state index in [1.807, 2.05) is 31.2 Å². The van der Waals surface area contributed by atoms with Gasteiger partial charge < -0.3 is 10.5 Å². The van der Waals surface area contributed by atoms with Crippen molar-refractivity contribution in [3.8, 4) is 5.75 Å². The van der Waals surface area contributed by atoms with Gasteiger partial charge in [-0.2, -0.15) is 0 Å². The first kappa shape index (κ1) is 11.1. The third-order valence-corrected chi connectivity index (χ3v) is 2.30. The maximum Gasteiger partial charge on any atom is 0.120 e. The lowest BCUT2D eigenvalue weighted by atomic mass is 10.1. The third-order valence-electron chi connectivity index (χ3n) is 2.30. The van der Waals surface area contributed by atoms with Crippen LogP contribution in [0.3, 0.4) is 0 Å². The second kappa shape index (κ2) is 5.01. The second-order valence-corrected chi connectivity index (χ2v) is 3.70. The minimum absolute atomic E-state index is 0.0653. The van der Waals surface area contributed by atoms with E-state index in [1.165, 1.54) is 0 Å². The summed E-state index contributed by atoms with van der Waals surface area (Å²) in [7, 11) is 0. The fraction of sp³-hybridized carbons (Fsp3) is 0.500. The highest BCUT2D eigenvalue weighted by atomic mass is 16.5. The van der Waals surface area contributed by atoms with Gasteiger partial charge in [0, 0.05) is 6.04 Å². The number of benzene rings is 1. The van der Waals surface area contributed by atoms with Gasteiger partial charge in [0.05, 0.1) is 6.10 Å². The van der Waals surface area contributed by atoms with Gasteiger partial charge in [-0.1, -0.05) is 19.1 Å². The largest absolute Gasteiger partial charge is 0.491 e. The van der Waals surface area contributed by atoms with Crippen molar-refractivity contribution in [1.29, 1.82) is 0 Å². The van der Waals surface area contributed by atoms with E-state index in [4.69, 9.17) is 10.5 Å². The minimum Gasteiger partial charge on any atom is -0.491 e. The Labute approximate surface area is 86.1 Å². The molecule has 1 aromatic rings. The Kier molecular flexibility index (Phi) is 3.96. The summed E-state index contributed by atoms with van der Waals surface area (Å²) in [6, 6.07) is 8.05. The fourth-order valence-corrected chi connectivity index (χ4v) is 1.19. The molecule has 0 amide bonds. The Balaban J connectivity index is 2.73. The zero-order chi connectivity index (χ0) is 10.6. The van der Waals surface area contributed by atoms with Crippen LogP contribution in [0.4, 0.5) is 0 Å². The number of hydrogen-bond donors (Lipinski definition) is 1. The van der Waals surface area contributed by atoms with Gasteiger partial charge in [-0.3, -0.25) is 0 Å². The Hall–Kier alpha value is -1.02. The first-order chi connectivity index (χ1) is 6.63. The first-order valence-electron chi connectivity index (χ1n) is 5.15. The summed E-state index contributed by atoms with van der Waals surface area (Å²) < 4.78 is 5.70. The zero-order valence-corrected chi connectivity index (χ0v) is 9.16. The smallest absolute Gasteiger partial charge is 0.120 e. The quantitative estimate of drug-likeness (QED) is 0.798. The first-order valence-corrected chi connectivity index (χ1v) is 5.15. The van der Waals surface area contributed by atoms with Gasteiger partial charge in [0.15, 0.2) is 0 Å². The molecule has 1 aromatic carbocycles. The van der Waals surface area contributed by atoms with E-state index in [2.05, 4.69) is 13.8 Å². The number of rotatable bonds is 4. The molecule has 2 heteroatoms. The molecule has 0 aliphatic heterocycles. The summed E-state index contributed by atoms with van der Waals surface area (Å²) >= 11 is 0. The predicted octanol–water partition coefficient (Wildman–Crippen LogP) is 2.88. The van der Waals surface area contributed by atoms with Gasteiger partial charge in [0.1, 0.15) is 5.75 Å². The van der Waals surface area contributed by atoms with Crippen LogP contribution in [0.1, 0.15) is 38.8 Å². The van der Waals surface area contributed by atoms with E-state index in [0.29, 0.717) is 0 Å².